The minimum Gasteiger partial charge on any atom is -0.465 e. The first-order chi connectivity index (χ1) is 13.7. The summed E-state index contributed by atoms with van der Waals surface area (Å²) in [5.41, 5.74) is 0. The molecule has 0 saturated heterocycles. The van der Waals surface area contributed by atoms with Gasteiger partial charge in [-0.25, -0.2) is 0 Å². The fraction of sp³-hybridized carbons (Fsp3) is 0.905. The highest BCUT2D eigenvalue weighted by Gasteiger charge is 2.36. The molecule has 29 heavy (non-hydrogen) atoms. The van der Waals surface area contributed by atoms with Gasteiger partial charge in [-0.1, -0.05) is 72.6 Å². The molecule has 0 aromatic heterocycles. The van der Waals surface area contributed by atoms with Gasteiger partial charge in [0.2, 0.25) is 0 Å². The van der Waals surface area contributed by atoms with Gasteiger partial charge in [0.15, 0.2) is 5.25 Å². The summed E-state index contributed by atoms with van der Waals surface area (Å²) in [5, 5.41) is -1.95. The maximum Gasteiger partial charge on any atom is 0.327 e. The molecule has 0 radical (unpaired) electrons. The van der Waals surface area contributed by atoms with Gasteiger partial charge in [0.05, 0.1) is 19.6 Å². The van der Waals surface area contributed by atoms with Crippen molar-refractivity contribution in [3.63, 3.8) is 0 Å². The zero-order chi connectivity index (χ0) is 22.3. The molecule has 0 heterocycles. The standard InChI is InChI=1S/C21H40O7S/c1-5-9-11-13-18(8-4)15-27-20(22)14-19(29(24,25)26)21(23)28-16-17(7-3)12-10-6-2/h17-19H,5-16H2,1-4H3,(H,24,25,26). The minimum atomic E-state index is -4.77. The summed E-state index contributed by atoms with van der Waals surface area (Å²) in [4.78, 5) is 24.3. The normalized spacial score (nSPS) is 14.8. The molecule has 172 valence electrons. The third kappa shape index (κ3) is 12.9. The van der Waals surface area contributed by atoms with Crippen LogP contribution in [0.3, 0.4) is 0 Å². The largest absolute Gasteiger partial charge is 0.465 e. The van der Waals surface area contributed by atoms with Crippen molar-refractivity contribution in [1.29, 1.82) is 0 Å². The number of ether oxygens (including phenoxy) is 2. The lowest BCUT2D eigenvalue weighted by Gasteiger charge is -2.18. The average molecular weight is 437 g/mol. The van der Waals surface area contributed by atoms with Crippen LogP contribution in [0.5, 0.6) is 0 Å². The number of rotatable bonds is 17. The van der Waals surface area contributed by atoms with Crippen molar-refractivity contribution in [1.82, 2.24) is 0 Å². The lowest BCUT2D eigenvalue weighted by atomic mass is 10.00. The van der Waals surface area contributed by atoms with E-state index in [1.807, 2.05) is 13.8 Å². The Morgan fingerprint density at radius 3 is 1.83 bits per heavy atom. The van der Waals surface area contributed by atoms with Crippen LogP contribution in [0, 0.1) is 11.8 Å². The molecule has 0 aliphatic heterocycles. The lowest BCUT2D eigenvalue weighted by molar-refractivity contribution is -0.151. The van der Waals surface area contributed by atoms with Gasteiger partial charge in [-0.15, -0.1) is 0 Å². The van der Waals surface area contributed by atoms with Crippen molar-refractivity contribution < 1.29 is 32.0 Å². The van der Waals surface area contributed by atoms with E-state index in [0.29, 0.717) is 0 Å². The molecule has 0 amide bonds. The summed E-state index contributed by atoms with van der Waals surface area (Å²) >= 11 is 0. The predicted molar refractivity (Wildman–Crippen MR) is 113 cm³/mol. The van der Waals surface area contributed by atoms with Crippen LogP contribution >= 0.6 is 0 Å². The average Bonchev–Trinajstić information content (AvgIpc) is 2.67. The van der Waals surface area contributed by atoms with Crippen LogP contribution in [-0.2, 0) is 29.2 Å². The van der Waals surface area contributed by atoms with Gasteiger partial charge < -0.3 is 9.47 Å². The molecular formula is C21H40O7S. The highest BCUT2D eigenvalue weighted by Crippen LogP contribution is 2.17. The number of unbranched alkanes of at least 4 members (excludes halogenated alkanes) is 3. The van der Waals surface area contributed by atoms with Crippen LogP contribution in [0.25, 0.3) is 0 Å². The molecule has 0 bridgehead atoms. The maximum atomic E-state index is 12.2. The monoisotopic (exact) mass is 436 g/mol. The molecule has 0 aliphatic rings. The van der Waals surface area contributed by atoms with Gasteiger partial charge in [-0.3, -0.25) is 14.1 Å². The van der Waals surface area contributed by atoms with Crippen LogP contribution in [-0.4, -0.2) is 43.4 Å². The Bertz CT molecular complexity index is 559. The predicted octanol–water partition coefficient (Wildman–Crippen LogP) is 4.54. The fourth-order valence-electron chi connectivity index (χ4n) is 3.01. The number of esters is 2. The Kier molecular flexibility index (Phi) is 15.0. The van der Waals surface area contributed by atoms with Crippen molar-refractivity contribution in [2.24, 2.45) is 11.8 Å². The summed E-state index contributed by atoms with van der Waals surface area (Å²) < 4.78 is 42.9. The van der Waals surface area contributed by atoms with Gasteiger partial charge in [0.25, 0.3) is 10.1 Å². The molecule has 0 aromatic rings. The first-order valence-electron chi connectivity index (χ1n) is 11.0. The number of carbonyl (C=O) groups excluding carboxylic acids is 2. The molecule has 8 heteroatoms. The molecule has 0 aromatic carbocycles. The Hall–Kier alpha value is -1.15. The smallest absolute Gasteiger partial charge is 0.327 e. The van der Waals surface area contributed by atoms with E-state index in [1.165, 1.54) is 0 Å². The lowest BCUT2D eigenvalue weighted by Crippen LogP contribution is -2.35. The van der Waals surface area contributed by atoms with Gasteiger partial charge >= 0.3 is 11.9 Å². The second-order valence-electron chi connectivity index (χ2n) is 7.71. The molecule has 0 aliphatic carbocycles. The molecule has 0 spiro atoms. The van der Waals surface area contributed by atoms with E-state index in [1.54, 1.807) is 0 Å². The van der Waals surface area contributed by atoms with Crippen LogP contribution in [0.15, 0.2) is 0 Å². The third-order valence-electron chi connectivity index (χ3n) is 5.25. The van der Waals surface area contributed by atoms with E-state index in [-0.39, 0.29) is 25.0 Å². The van der Waals surface area contributed by atoms with E-state index in [0.717, 1.165) is 57.8 Å². The molecule has 7 nitrogen and oxygen atoms in total. The van der Waals surface area contributed by atoms with Crippen molar-refractivity contribution in [3.05, 3.63) is 0 Å². The van der Waals surface area contributed by atoms with Crippen LogP contribution in [0.2, 0.25) is 0 Å². The van der Waals surface area contributed by atoms with E-state index >= 15 is 0 Å². The molecule has 0 rings (SSSR count). The van der Waals surface area contributed by atoms with Crippen LogP contribution in [0.4, 0.5) is 0 Å². The summed E-state index contributed by atoms with van der Waals surface area (Å²) in [5.74, 6) is -1.60. The van der Waals surface area contributed by atoms with E-state index in [2.05, 4.69) is 13.8 Å². The minimum absolute atomic E-state index is 0.0751. The highest BCUT2D eigenvalue weighted by atomic mass is 32.2. The number of hydrogen-bond acceptors (Lipinski definition) is 6. The molecule has 3 atom stereocenters. The van der Waals surface area contributed by atoms with Gasteiger partial charge in [0, 0.05) is 0 Å². The maximum absolute atomic E-state index is 12.2. The summed E-state index contributed by atoms with van der Waals surface area (Å²) in [6, 6.07) is 0. The van der Waals surface area contributed by atoms with E-state index in [9.17, 15) is 22.6 Å². The SMILES string of the molecule is CCCCCC(CC)COC(=O)CC(C(=O)OCC(CC)CCCC)S(=O)(=O)O. The molecule has 1 N–H and O–H groups in total. The number of hydrogen-bond donors (Lipinski definition) is 1. The van der Waals surface area contributed by atoms with Crippen molar-refractivity contribution in [2.75, 3.05) is 13.2 Å². The third-order valence-corrected chi connectivity index (χ3v) is 6.33. The fourth-order valence-corrected chi connectivity index (χ4v) is 3.67. The topological polar surface area (TPSA) is 107 Å². The first-order valence-corrected chi connectivity index (χ1v) is 12.5. The van der Waals surface area contributed by atoms with Crippen molar-refractivity contribution in [2.45, 2.75) is 97.2 Å². The summed E-state index contributed by atoms with van der Waals surface area (Å²) in [6.45, 7) is 8.41. The van der Waals surface area contributed by atoms with E-state index < -0.39 is 33.7 Å². The Morgan fingerprint density at radius 1 is 0.828 bits per heavy atom. The quantitative estimate of drug-likeness (QED) is 0.203. The van der Waals surface area contributed by atoms with Crippen molar-refractivity contribution in [3.8, 4) is 0 Å². The zero-order valence-corrected chi connectivity index (χ0v) is 19.3. The molecule has 0 saturated carbocycles. The second-order valence-corrected chi connectivity index (χ2v) is 9.31. The Balaban J connectivity index is 4.70. The van der Waals surface area contributed by atoms with E-state index in [4.69, 9.17) is 9.47 Å². The Labute approximate surface area is 176 Å². The van der Waals surface area contributed by atoms with Crippen LogP contribution < -0.4 is 0 Å². The summed E-state index contributed by atoms with van der Waals surface area (Å²) in [7, 11) is -4.77. The van der Waals surface area contributed by atoms with Crippen LogP contribution in [0.1, 0.15) is 91.9 Å². The zero-order valence-electron chi connectivity index (χ0n) is 18.5. The molecule has 3 unspecified atom stereocenters. The Morgan fingerprint density at radius 2 is 1.34 bits per heavy atom. The van der Waals surface area contributed by atoms with Gasteiger partial charge in [-0.2, -0.15) is 8.42 Å². The number of carbonyl (C=O) groups is 2. The van der Waals surface area contributed by atoms with Gasteiger partial charge in [-0.05, 0) is 24.7 Å². The molecule has 0 fully saturated rings. The second kappa shape index (κ2) is 15.7. The first kappa shape index (κ1) is 27.8. The van der Waals surface area contributed by atoms with Crippen molar-refractivity contribution >= 4 is 22.1 Å². The van der Waals surface area contributed by atoms with Gasteiger partial charge in [0.1, 0.15) is 0 Å². The molecular weight excluding hydrogens is 396 g/mol. The highest BCUT2D eigenvalue weighted by molar-refractivity contribution is 7.87. The summed E-state index contributed by atoms with van der Waals surface area (Å²) in [6.07, 6.45) is 7.95.